The van der Waals surface area contributed by atoms with Gasteiger partial charge >= 0.3 is 17.8 Å². The summed E-state index contributed by atoms with van der Waals surface area (Å²) in [7, 11) is 0. The Morgan fingerprint density at radius 3 is 2.32 bits per heavy atom. The molecule has 0 aliphatic carbocycles. The molecule has 0 unspecified atom stereocenters. The molecule has 4 aromatic rings. The quantitative estimate of drug-likeness (QED) is 0.0493. The number of nitrogens with zero attached hydrogens (tertiary/aromatic N) is 1. The average molecular weight is 656 g/mol. The monoisotopic (exact) mass is 654 g/mol. The van der Waals surface area contributed by atoms with E-state index in [-0.39, 0.29) is 17.0 Å². The van der Waals surface area contributed by atoms with Crippen LogP contribution < -0.4 is 25.5 Å². The van der Waals surface area contributed by atoms with Crippen LogP contribution >= 0.6 is 15.9 Å². The standard InChI is InChI=1S/C33H27BrN4O6/c1-2-43-26-16-14-25(15-17-26)36-31(40)27-10-6-7-11-28(27)37-32(41)33(42)38-35-21-23-20-24(34)13-18-29(23)44-30(39)19-12-22-8-4-3-5-9-22/h3-21H,2H2,1H3,(H,36,40)(H,37,41)(H,38,42)/b19-12+,35-21+. The molecule has 11 heteroatoms. The van der Waals surface area contributed by atoms with Crippen LogP contribution in [0.5, 0.6) is 11.5 Å². The average Bonchev–Trinajstić information content (AvgIpc) is 3.03. The fourth-order valence-electron chi connectivity index (χ4n) is 3.76. The number of halogens is 1. The maximum absolute atomic E-state index is 12.9. The van der Waals surface area contributed by atoms with Gasteiger partial charge in [0.2, 0.25) is 0 Å². The van der Waals surface area contributed by atoms with Gasteiger partial charge in [-0.15, -0.1) is 0 Å². The summed E-state index contributed by atoms with van der Waals surface area (Å²) in [5.74, 6) is -2.37. The zero-order chi connectivity index (χ0) is 31.3. The van der Waals surface area contributed by atoms with Gasteiger partial charge in [-0.25, -0.2) is 10.2 Å². The highest BCUT2D eigenvalue weighted by Gasteiger charge is 2.18. The highest BCUT2D eigenvalue weighted by Crippen LogP contribution is 2.23. The van der Waals surface area contributed by atoms with Crippen LogP contribution in [-0.2, 0) is 14.4 Å². The Morgan fingerprint density at radius 2 is 1.57 bits per heavy atom. The van der Waals surface area contributed by atoms with E-state index in [2.05, 4.69) is 37.1 Å². The van der Waals surface area contributed by atoms with Gasteiger partial charge in [0, 0.05) is 21.8 Å². The molecule has 0 atom stereocenters. The first-order valence-corrected chi connectivity index (χ1v) is 14.1. The first-order chi connectivity index (χ1) is 21.3. The molecule has 0 saturated heterocycles. The maximum Gasteiger partial charge on any atom is 0.336 e. The number of esters is 1. The van der Waals surface area contributed by atoms with Crippen LogP contribution in [0.4, 0.5) is 11.4 Å². The van der Waals surface area contributed by atoms with Crippen LogP contribution in [0.2, 0.25) is 0 Å². The molecule has 0 aliphatic heterocycles. The van der Waals surface area contributed by atoms with E-state index in [0.717, 1.165) is 5.56 Å². The minimum atomic E-state index is -1.08. The van der Waals surface area contributed by atoms with Crippen LogP contribution in [0.3, 0.4) is 0 Å². The number of anilines is 2. The van der Waals surface area contributed by atoms with Crippen molar-refractivity contribution in [2.24, 2.45) is 5.10 Å². The topological polar surface area (TPSA) is 135 Å². The molecule has 44 heavy (non-hydrogen) atoms. The summed E-state index contributed by atoms with van der Waals surface area (Å²) in [5.41, 5.74) is 4.13. The number of carbonyl (C=O) groups is 4. The lowest BCUT2D eigenvalue weighted by atomic mass is 10.1. The van der Waals surface area contributed by atoms with E-state index in [1.165, 1.54) is 24.4 Å². The van der Waals surface area contributed by atoms with Crippen molar-refractivity contribution < 1.29 is 28.7 Å². The lowest BCUT2D eigenvalue weighted by Crippen LogP contribution is -2.33. The number of carbonyl (C=O) groups excluding carboxylic acids is 4. The molecule has 0 spiro atoms. The van der Waals surface area contributed by atoms with Crippen LogP contribution in [0.25, 0.3) is 6.08 Å². The van der Waals surface area contributed by atoms with Gasteiger partial charge in [0.1, 0.15) is 11.5 Å². The third-order valence-electron chi connectivity index (χ3n) is 5.81. The van der Waals surface area contributed by atoms with Crippen LogP contribution in [-0.4, -0.2) is 36.5 Å². The van der Waals surface area contributed by atoms with Gasteiger partial charge in [-0.1, -0.05) is 58.4 Å². The molecule has 0 aromatic heterocycles. The molecule has 4 rings (SSSR count). The fraction of sp³-hybridized carbons (Fsp3) is 0.0606. The van der Waals surface area contributed by atoms with Crippen LogP contribution in [0, 0.1) is 0 Å². The molecule has 4 aromatic carbocycles. The number of ether oxygens (including phenoxy) is 2. The summed E-state index contributed by atoms with van der Waals surface area (Å²) in [6.45, 7) is 2.39. The Balaban J connectivity index is 1.36. The first kappa shape index (κ1) is 31.4. The number of benzene rings is 4. The maximum atomic E-state index is 12.9. The number of amides is 3. The Hall–Kier alpha value is -5.55. The summed E-state index contributed by atoms with van der Waals surface area (Å²) >= 11 is 3.35. The minimum absolute atomic E-state index is 0.129. The zero-order valence-corrected chi connectivity index (χ0v) is 25.0. The molecule has 0 saturated carbocycles. The number of hydrogen-bond donors (Lipinski definition) is 3. The highest BCUT2D eigenvalue weighted by molar-refractivity contribution is 9.10. The lowest BCUT2D eigenvalue weighted by Gasteiger charge is -2.11. The third-order valence-corrected chi connectivity index (χ3v) is 6.31. The van der Waals surface area contributed by atoms with E-state index in [1.807, 2.05) is 37.3 Å². The van der Waals surface area contributed by atoms with Gasteiger partial charge < -0.3 is 20.1 Å². The highest BCUT2D eigenvalue weighted by atomic mass is 79.9. The molecule has 0 radical (unpaired) electrons. The van der Waals surface area contributed by atoms with Gasteiger partial charge in [0.05, 0.1) is 24.1 Å². The van der Waals surface area contributed by atoms with E-state index in [4.69, 9.17) is 9.47 Å². The van der Waals surface area contributed by atoms with E-state index in [0.29, 0.717) is 28.1 Å². The molecule has 0 bridgehead atoms. The predicted molar refractivity (Wildman–Crippen MR) is 172 cm³/mol. The van der Waals surface area contributed by atoms with Crippen molar-refractivity contribution in [1.29, 1.82) is 0 Å². The SMILES string of the molecule is CCOc1ccc(NC(=O)c2ccccc2NC(=O)C(=O)N/N=C/c2cc(Br)ccc2OC(=O)/C=C/c2ccccc2)cc1. The Kier molecular flexibility index (Phi) is 11.1. The normalized spacial score (nSPS) is 10.8. The molecule has 10 nitrogen and oxygen atoms in total. The molecule has 0 fully saturated rings. The van der Waals surface area contributed by atoms with Crippen molar-refractivity contribution in [3.63, 3.8) is 0 Å². The number of nitrogens with one attached hydrogen (secondary N) is 3. The Labute approximate surface area is 261 Å². The van der Waals surface area contributed by atoms with Crippen molar-refractivity contribution >= 4 is 63.3 Å². The number of para-hydroxylation sites is 1. The first-order valence-electron chi connectivity index (χ1n) is 13.3. The van der Waals surface area contributed by atoms with Crippen molar-refractivity contribution in [3.8, 4) is 11.5 Å². The van der Waals surface area contributed by atoms with Crippen LogP contribution in [0.15, 0.2) is 113 Å². The molecule has 0 aliphatic rings. The lowest BCUT2D eigenvalue weighted by molar-refractivity contribution is -0.136. The second-order valence-corrected chi connectivity index (χ2v) is 9.87. The molecular formula is C33H27BrN4O6. The van der Waals surface area contributed by atoms with Crippen molar-refractivity contribution in [2.75, 3.05) is 17.2 Å². The second kappa shape index (κ2) is 15.6. The van der Waals surface area contributed by atoms with Gasteiger partial charge in [-0.05, 0) is 73.2 Å². The van der Waals surface area contributed by atoms with Crippen molar-refractivity contribution in [2.45, 2.75) is 6.92 Å². The molecule has 3 N–H and O–H groups in total. The smallest absolute Gasteiger partial charge is 0.336 e. The van der Waals surface area contributed by atoms with Crippen LogP contribution in [0.1, 0.15) is 28.4 Å². The Morgan fingerprint density at radius 1 is 0.841 bits per heavy atom. The summed E-state index contributed by atoms with van der Waals surface area (Å²) in [5, 5.41) is 9.02. The van der Waals surface area contributed by atoms with Gasteiger partial charge in [0.15, 0.2) is 0 Å². The molecular weight excluding hydrogens is 628 g/mol. The largest absolute Gasteiger partial charge is 0.494 e. The fourth-order valence-corrected chi connectivity index (χ4v) is 4.14. The van der Waals surface area contributed by atoms with Gasteiger partial charge in [0.25, 0.3) is 5.91 Å². The Bertz CT molecular complexity index is 1710. The number of hydrazone groups is 1. The van der Waals surface area contributed by atoms with Crippen molar-refractivity contribution in [1.82, 2.24) is 5.43 Å². The summed E-state index contributed by atoms with van der Waals surface area (Å²) < 4.78 is 11.5. The van der Waals surface area contributed by atoms with E-state index in [1.54, 1.807) is 60.7 Å². The van der Waals surface area contributed by atoms with E-state index >= 15 is 0 Å². The molecule has 222 valence electrons. The molecule has 3 amide bonds. The third kappa shape index (κ3) is 9.23. The van der Waals surface area contributed by atoms with E-state index in [9.17, 15) is 19.2 Å². The second-order valence-electron chi connectivity index (χ2n) is 8.96. The zero-order valence-electron chi connectivity index (χ0n) is 23.5. The minimum Gasteiger partial charge on any atom is -0.494 e. The predicted octanol–water partition coefficient (Wildman–Crippen LogP) is 5.81. The summed E-state index contributed by atoms with van der Waals surface area (Å²) in [6.07, 6.45) is 4.15. The number of rotatable bonds is 10. The summed E-state index contributed by atoms with van der Waals surface area (Å²) in [6, 6.07) is 27.2. The molecule has 0 heterocycles. The number of hydrogen-bond acceptors (Lipinski definition) is 7. The van der Waals surface area contributed by atoms with Crippen molar-refractivity contribution in [3.05, 3.63) is 124 Å². The van der Waals surface area contributed by atoms with E-state index < -0.39 is 23.7 Å². The van der Waals surface area contributed by atoms with Gasteiger partial charge in [-0.2, -0.15) is 5.10 Å². The van der Waals surface area contributed by atoms with Gasteiger partial charge in [-0.3, -0.25) is 14.4 Å². The summed E-state index contributed by atoms with van der Waals surface area (Å²) in [4.78, 5) is 50.4.